The molecule has 5 rings (SSSR count). The summed E-state index contributed by atoms with van der Waals surface area (Å²) in [5.41, 5.74) is 1.27. The summed E-state index contributed by atoms with van der Waals surface area (Å²) in [5, 5.41) is 18.9. The fourth-order valence-corrected chi connectivity index (χ4v) is 7.65. The van der Waals surface area contributed by atoms with Crippen molar-refractivity contribution < 1.29 is 38.9 Å². The number of phenolic OH excluding ortho intramolecular Hbond substituents is 1. The summed E-state index contributed by atoms with van der Waals surface area (Å²) in [4.78, 5) is 62.9. The molecule has 1 aromatic carbocycles. The Labute approximate surface area is 240 Å². The average Bonchev–Trinajstić information content (AvgIpc) is 3.23. The van der Waals surface area contributed by atoms with Gasteiger partial charge in [0.1, 0.15) is 0 Å². The van der Waals surface area contributed by atoms with Crippen molar-refractivity contribution in [2.45, 2.75) is 35.4 Å². The number of likely N-dealkylation sites (tertiary alicyclic amines) is 2. The second-order valence-corrected chi connectivity index (χ2v) is 11.9. The third-order valence-electron chi connectivity index (χ3n) is 8.62. The molecule has 1 saturated carbocycles. The number of methoxy groups -OCH3 is 1. The average molecular weight is 591 g/mol. The number of benzene rings is 1. The number of alkyl halides is 2. The number of carboxylic acid groups (broad SMARTS) is 1. The van der Waals surface area contributed by atoms with Gasteiger partial charge in [0.2, 0.25) is 11.8 Å². The van der Waals surface area contributed by atoms with E-state index in [0.29, 0.717) is 11.1 Å². The van der Waals surface area contributed by atoms with Crippen LogP contribution in [-0.2, 0) is 24.0 Å². The Morgan fingerprint density at radius 2 is 1.88 bits per heavy atom. The van der Waals surface area contributed by atoms with Gasteiger partial charge < -0.3 is 14.9 Å². The van der Waals surface area contributed by atoms with Crippen LogP contribution in [0.1, 0.15) is 31.2 Å². The number of fused-ring (bicyclic) bond motifs is 4. The monoisotopic (exact) mass is 590 g/mol. The molecule has 6 unspecified atom stereocenters. The molecule has 4 amide bonds. The molecule has 2 heterocycles. The van der Waals surface area contributed by atoms with Gasteiger partial charge in [-0.15, -0.1) is 23.2 Å². The molecule has 0 aromatic heterocycles. The molecule has 40 heavy (non-hydrogen) atoms. The van der Waals surface area contributed by atoms with Crippen molar-refractivity contribution >= 4 is 58.9 Å². The van der Waals surface area contributed by atoms with Crippen LogP contribution in [0.5, 0.6) is 11.5 Å². The van der Waals surface area contributed by atoms with E-state index < -0.39 is 57.1 Å². The number of halogens is 2. The molecule has 0 bridgehead atoms. The molecular weight excluding hydrogens is 563 g/mol. The van der Waals surface area contributed by atoms with E-state index in [1.807, 2.05) is 6.08 Å². The fourth-order valence-electron chi connectivity index (χ4n) is 6.67. The highest BCUT2D eigenvalue weighted by atomic mass is 35.5. The molecule has 1 aromatic rings. The Hall–Kier alpha value is -3.37. The standard InChI is InChI=1S/C28H28Cl2N2O8/c1-31-25(38)27(29)13-17-15(7-8-16-22(17)24(37)32(23(16)36)11-3-4-21(34)35)18(28(27,30)26(31)39)9-5-14-6-10-19(33)20(12-14)40-2/h5-7,9-10,12,16-18,22,33H,3-4,8,11,13H2,1-2H3,(H,34,35). The molecular formula is C28H28Cl2N2O8. The second-order valence-electron chi connectivity index (χ2n) is 10.7. The fraction of sp³-hybridized carbons (Fsp3) is 0.464. The quantitative estimate of drug-likeness (QED) is 0.280. The van der Waals surface area contributed by atoms with E-state index in [2.05, 4.69) is 0 Å². The summed E-state index contributed by atoms with van der Waals surface area (Å²) in [5.74, 6) is -6.00. The summed E-state index contributed by atoms with van der Waals surface area (Å²) in [7, 11) is 2.73. The number of hydrogen-bond acceptors (Lipinski definition) is 7. The normalized spacial score (nSPS) is 33.2. The minimum absolute atomic E-state index is 0.0172. The van der Waals surface area contributed by atoms with Crippen molar-refractivity contribution in [2.75, 3.05) is 20.7 Å². The first-order chi connectivity index (χ1) is 18.9. The van der Waals surface area contributed by atoms with E-state index >= 15 is 0 Å². The molecule has 0 spiro atoms. The molecule has 2 saturated heterocycles. The van der Waals surface area contributed by atoms with Crippen molar-refractivity contribution in [3.63, 3.8) is 0 Å². The van der Waals surface area contributed by atoms with Crippen LogP contribution in [0, 0.1) is 23.7 Å². The van der Waals surface area contributed by atoms with Crippen LogP contribution in [0.4, 0.5) is 0 Å². The van der Waals surface area contributed by atoms with E-state index in [1.165, 1.54) is 20.2 Å². The van der Waals surface area contributed by atoms with Crippen molar-refractivity contribution in [3.8, 4) is 11.5 Å². The first-order valence-electron chi connectivity index (χ1n) is 12.9. The largest absolute Gasteiger partial charge is 0.504 e. The number of hydrogen-bond donors (Lipinski definition) is 2. The zero-order valence-electron chi connectivity index (χ0n) is 21.8. The van der Waals surface area contributed by atoms with Crippen molar-refractivity contribution in [1.82, 2.24) is 9.80 Å². The van der Waals surface area contributed by atoms with Gasteiger partial charge in [-0.05, 0) is 42.9 Å². The van der Waals surface area contributed by atoms with Crippen LogP contribution in [-0.4, -0.2) is 80.1 Å². The maximum Gasteiger partial charge on any atom is 0.303 e. The number of carbonyl (C=O) groups excluding carboxylic acids is 4. The van der Waals surface area contributed by atoms with Crippen LogP contribution in [0.25, 0.3) is 6.08 Å². The summed E-state index contributed by atoms with van der Waals surface area (Å²) < 4.78 is 5.18. The lowest BCUT2D eigenvalue weighted by molar-refractivity contribution is -0.142. The van der Waals surface area contributed by atoms with Gasteiger partial charge in [0.05, 0.1) is 18.9 Å². The smallest absolute Gasteiger partial charge is 0.303 e. The number of carbonyl (C=O) groups is 5. The van der Waals surface area contributed by atoms with Gasteiger partial charge >= 0.3 is 5.97 Å². The number of ether oxygens (including phenoxy) is 1. The Morgan fingerprint density at radius 3 is 2.55 bits per heavy atom. The Bertz CT molecular complexity index is 1390. The number of imide groups is 2. The van der Waals surface area contributed by atoms with Crippen molar-refractivity contribution in [1.29, 1.82) is 0 Å². The van der Waals surface area contributed by atoms with Gasteiger partial charge in [0.25, 0.3) is 11.8 Å². The zero-order valence-corrected chi connectivity index (χ0v) is 23.3. The molecule has 2 aliphatic carbocycles. The Morgan fingerprint density at radius 1 is 1.15 bits per heavy atom. The summed E-state index contributed by atoms with van der Waals surface area (Å²) in [6, 6.07) is 4.68. The highest BCUT2D eigenvalue weighted by Crippen LogP contribution is 2.63. The highest BCUT2D eigenvalue weighted by molar-refractivity contribution is 6.53. The topological polar surface area (TPSA) is 142 Å². The minimum Gasteiger partial charge on any atom is -0.504 e. The number of carboxylic acids is 1. The van der Waals surface area contributed by atoms with E-state index in [0.717, 1.165) is 9.80 Å². The van der Waals surface area contributed by atoms with E-state index in [9.17, 15) is 29.1 Å². The van der Waals surface area contributed by atoms with Crippen LogP contribution in [0.15, 0.2) is 35.9 Å². The molecule has 10 nitrogen and oxygen atoms in total. The number of aromatic hydroxyl groups is 1. The number of aliphatic carboxylic acids is 1. The predicted molar refractivity (Wildman–Crippen MR) is 144 cm³/mol. The lowest BCUT2D eigenvalue weighted by atomic mass is 9.57. The van der Waals surface area contributed by atoms with E-state index in [-0.39, 0.29) is 49.6 Å². The van der Waals surface area contributed by atoms with Gasteiger partial charge in [-0.25, -0.2) is 0 Å². The first-order valence-corrected chi connectivity index (χ1v) is 13.6. The van der Waals surface area contributed by atoms with Gasteiger partial charge in [0.15, 0.2) is 21.2 Å². The molecule has 2 aliphatic heterocycles. The first kappa shape index (κ1) is 28.2. The van der Waals surface area contributed by atoms with Gasteiger partial charge in [-0.2, -0.15) is 0 Å². The van der Waals surface area contributed by atoms with Crippen molar-refractivity contribution in [3.05, 3.63) is 41.5 Å². The van der Waals surface area contributed by atoms with Crippen molar-refractivity contribution in [2.24, 2.45) is 23.7 Å². The zero-order chi connectivity index (χ0) is 29.1. The van der Waals surface area contributed by atoms with Gasteiger partial charge in [-0.1, -0.05) is 29.9 Å². The van der Waals surface area contributed by atoms with Crippen LogP contribution in [0.3, 0.4) is 0 Å². The summed E-state index contributed by atoms with van der Waals surface area (Å²) in [6.45, 7) is -0.0172. The third kappa shape index (κ3) is 3.95. The maximum absolute atomic E-state index is 13.6. The molecule has 212 valence electrons. The lowest BCUT2D eigenvalue weighted by Gasteiger charge is -2.49. The number of amides is 4. The molecule has 6 atom stereocenters. The number of allylic oxidation sites excluding steroid dienone is 3. The van der Waals surface area contributed by atoms with E-state index in [4.69, 9.17) is 33.0 Å². The van der Waals surface area contributed by atoms with Crippen LogP contribution < -0.4 is 4.74 Å². The second kappa shape index (κ2) is 9.92. The molecule has 3 fully saturated rings. The number of phenols is 1. The molecule has 4 aliphatic rings. The predicted octanol–water partition coefficient (Wildman–Crippen LogP) is 2.80. The molecule has 12 heteroatoms. The maximum atomic E-state index is 13.6. The third-order valence-corrected chi connectivity index (χ3v) is 10.0. The van der Waals surface area contributed by atoms with Crippen LogP contribution >= 0.6 is 23.2 Å². The van der Waals surface area contributed by atoms with E-state index in [1.54, 1.807) is 24.3 Å². The molecule has 0 radical (unpaired) electrons. The van der Waals surface area contributed by atoms with Gasteiger partial charge in [0, 0.05) is 25.9 Å². The minimum atomic E-state index is -1.88. The number of nitrogens with zero attached hydrogens (tertiary/aromatic N) is 2. The highest BCUT2D eigenvalue weighted by Gasteiger charge is 2.75. The Balaban J connectivity index is 1.56. The Kier molecular flexibility index (Phi) is 6.99. The SMILES string of the molecule is COc1cc(C=CC2C3=CCC4C(=O)N(CCCC(=O)O)C(=O)C4C3CC3(Cl)C(=O)N(C)C(=O)C23Cl)ccc1O. The molecule has 2 N–H and O–H groups in total. The summed E-state index contributed by atoms with van der Waals surface area (Å²) in [6.07, 6.45) is 5.23. The number of rotatable bonds is 7. The van der Waals surface area contributed by atoms with Crippen LogP contribution in [0.2, 0.25) is 0 Å². The van der Waals surface area contributed by atoms with Gasteiger partial charge in [-0.3, -0.25) is 33.8 Å². The summed E-state index contributed by atoms with van der Waals surface area (Å²) >= 11 is 14.1. The lowest BCUT2D eigenvalue weighted by Crippen LogP contribution is -2.60.